The van der Waals surface area contributed by atoms with Crippen LogP contribution in [0.5, 0.6) is 0 Å². The molecule has 4 heterocycles. The molecule has 229 valence electrons. The van der Waals surface area contributed by atoms with Crippen LogP contribution in [0.4, 0.5) is 28.7 Å². The predicted octanol–water partition coefficient (Wildman–Crippen LogP) is 6.67. The van der Waals surface area contributed by atoms with E-state index in [1.54, 1.807) is 0 Å². The van der Waals surface area contributed by atoms with E-state index in [-0.39, 0.29) is 0 Å². The topological polar surface area (TPSA) is 51.9 Å². The fourth-order valence-electron chi connectivity index (χ4n) is 7.02. The summed E-state index contributed by atoms with van der Waals surface area (Å²) in [5, 5.41) is 5.06. The van der Waals surface area contributed by atoms with Crippen molar-refractivity contribution >= 4 is 75.0 Å². The number of rotatable bonds is 5. The van der Waals surface area contributed by atoms with E-state index in [0.717, 1.165) is 61.9 Å². The molecule has 1 N–H and O–H groups in total. The molecule has 6 nitrogen and oxygen atoms in total. The van der Waals surface area contributed by atoms with Gasteiger partial charge >= 0.3 is 0 Å². The minimum Gasteiger partial charge on any atom is -0.340 e. The molecule has 9 rings (SSSR count). The van der Waals surface area contributed by atoms with Crippen LogP contribution in [0.15, 0.2) is 152 Å². The Labute approximate surface area is 280 Å². The summed E-state index contributed by atoms with van der Waals surface area (Å²) in [7, 11) is 2.82. The average molecular weight is 637 g/mol. The third-order valence-electron chi connectivity index (χ3n) is 9.32. The van der Waals surface area contributed by atoms with Crippen LogP contribution in [-0.2, 0) is 7.05 Å². The largest absolute Gasteiger partial charge is 0.340 e. The molecule has 1 radical (unpaired) electrons. The molecule has 5 aromatic carbocycles. The number of benzene rings is 5. The SMILES string of the molecule is CN1c2ccccc2N(c2cccc(-c3cccc4c3[nH]c[n+]4C)n2)c2nc3c([Si](c4ccccc4)c4ccccc4)cccc3cc21. The standard InChI is InChI=1S/C41H31N6Si/c1-45-27-42-40-31(19-12-23-35(40)45)32-20-13-25-38(43-32)47-34-22-10-9-21-33(34)46(2)36-26-28-14-11-24-37(39(28)44-41(36)47)48(29-15-5-3-6-16-29)30-17-7-4-8-18-30/h3-27H,1-2H3/p+1. The van der Waals surface area contributed by atoms with Crippen LogP contribution in [0.3, 0.4) is 0 Å². The summed E-state index contributed by atoms with van der Waals surface area (Å²) in [6.07, 6.45) is 1.98. The van der Waals surface area contributed by atoms with E-state index >= 15 is 0 Å². The van der Waals surface area contributed by atoms with Gasteiger partial charge in [-0.25, -0.2) is 19.5 Å². The van der Waals surface area contributed by atoms with Crippen LogP contribution in [0.2, 0.25) is 0 Å². The van der Waals surface area contributed by atoms with Crippen LogP contribution in [0.25, 0.3) is 33.2 Å². The monoisotopic (exact) mass is 636 g/mol. The van der Waals surface area contributed by atoms with E-state index < -0.39 is 8.80 Å². The second-order valence-corrected chi connectivity index (χ2v) is 14.6. The maximum Gasteiger partial charge on any atom is 0.242 e. The van der Waals surface area contributed by atoms with Gasteiger partial charge in [-0.2, -0.15) is 0 Å². The molecule has 0 spiro atoms. The molecule has 0 unspecified atom stereocenters. The number of anilines is 5. The number of hydrogen-bond acceptors (Lipinski definition) is 4. The number of nitrogens with one attached hydrogen (secondary N) is 1. The highest BCUT2D eigenvalue weighted by Gasteiger charge is 2.32. The Kier molecular flexibility index (Phi) is 6.65. The van der Waals surface area contributed by atoms with Gasteiger partial charge in [0.05, 0.1) is 40.9 Å². The molecule has 0 fully saturated rings. The van der Waals surface area contributed by atoms with E-state index in [4.69, 9.17) is 9.97 Å². The fourth-order valence-corrected chi connectivity index (χ4v) is 9.73. The highest BCUT2D eigenvalue weighted by Crippen LogP contribution is 2.50. The quantitative estimate of drug-likeness (QED) is 0.130. The number of H-pyrrole nitrogens is 1. The Morgan fingerprint density at radius 3 is 2.10 bits per heavy atom. The Morgan fingerprint density at radius 2 is 1.33 bits per heavy atom. The summed E-state index contributed by atoms with van der Waals surface area (Å²) in [5.41, 5.74) is 8.36. The van der Waals surface area contributed by atoms with Crippen molar-refractivity contribution in [3.63, 3.8) is 0 Å². The number of imidazole rings is 1. The van der Waals surface area contributed by atoms with Crippen LogP contribution in [0, 0.1) is 0 Å². The molecule has 48 heavy (non-hydrogen) atoms. The summed E-state index contributed by atoms with van der Waals surface area (Å²) in [6.45, 7) is 0. The van der Waals surface area contributed by atoms with Gasteiger partial charge in [0, 0.05) is 12.4 Å². The van der Waals surface area contributed by atoms with Crippen molar-refractivity contribution in [1.82, 2.24) is 15.0 Å². The van der Waals surface area contributed by atoms with Crippen molar-refractivity contribution in [3.8, 4) is 11.3 Å². The van der Waals surface area contributed by atoms with Gasteiger partial charge in [0.15, 0.2) is 25.6 Å². The predicted molar refractivity (Wildman–Crippen MR) is 198 cm³/mol. The molecule has 3 aromatic heterocycles. The zero-order valence-corrected chi connectivity index (χ0v) is 27.7. The van der Waals surface area contributed by atoms with E-state index in [0.29, 0.717) is 0 Å². The van der Waals surface area contributed by atoms with E-state index in [1.165, 1.54) is 15.6 Å². The molecule has 0 aliphatic carbocycles. The molecule has 0 saturated carbocycles. The number of pyridine rings is 2. The molecule has 8 aromatic rings. The number of nitrogens with zero attached hydrogens (tertiary/aromatic N) is 5. The first-order valence-electron chi connectivity index (χ1n) is 16.1. The average Bonchev–Trinajstić information content (AvgIpc) is 3.53. The third kappa shape index (κ3) is 4.51. The van der Waals surface area contributed by atoms with Gasteiger partial charge < -0.3 is 4.90 Å². The lowest BCUT2D eigenvalue weighted by Crippen LogP contribution is -2.52. The van der Waals surface area contributed by atoms with Crippen LogP contribution >= 0.6 is 0 Å². The summed E-state index contributed by atoms with van der Waals surface area (Å²) in [6, 6.07) is 51.9. The lowest BCUT2D eigenvalue weighted by molar-refractivity contribution is -0.644. The molecular formula is C41H32N6Si+. The van der Waals surface area contributed by atoms with Gasteiger partial charge in [0.1, 0.15) is 5.82 Å². The van der Waals surface area contributed by atoms with E-state index in [2.05, 4.69) is 179 Å². The first-order valence-corrected chi connectivity index (χ1v) is 17.6. The van der Waals surface area contributed by atoms with Crippen molar-refractivity contribution in [1.29, 1.82) is 0 Å². The first-order chi connectivity index (χ1) is 23.7. The molecule has 0 saturated heterocycles. The number of fused-ring (bicyclic) bond motifs is 4. The molecule has 1 aliphatic rings. The smallest absolute Gasteiger partial charge is 0.242 e. The second-order valence-electron chi connectivity index (χ2n) is 12.2. The highest BCUT2D eigenvalue weighted by atomic mass is 28.3. The first kappa shape index (κ1) is 28.2. The molecule has 1 aliphatic heterocycles. The van der Waals surface area contributed by atoms with Crippen LogP contribution < -0.4 is 29.9 Å². The normalized spacial score (nSPS) is 12.5. The van der Waals surface area contributed by atoms with Crippen LogP contribution in [0.1, 0.15) is 0 Å². The van der Waals surface area contributed by atoms with Gasteiger partial charge in [-0.05, 0) is 47.7 Å². The number of hydrogen-bond donors (Lipinski definition) is 1. The van der Waals surface area contributed by atoms with Crippen molar-refractivity contribution in [2.24, 2.45) is 7.05 Å². The summed E-state index contributed by atoms with van der Waals surface area (Å²) in [4.78, 5) is 18.9. The second kappa shape index (κ2) is 11.3. The summed E-state index contributed by atoms with van der Waals surface area (Å²) >= 11 is 0. The number of aryl methyl sites for hydroxylation is 1. The number of aromatic amines is 1. The zero-order valence-electron chi connectivity index (χ0n) is 26.7. The van der Waals surface area contributed by atoms with E-state index in [1.807, 2.05) is 6.33 Å². The summed E-state index contributed by atoms with van der Waals surface area (Å²) < 4.78 is 2.10. The molecule has 7 heteroatoms. The van der Waals surface area contributed by atoms with Crippen molar-refractivity contribution in [3.05, 3.63) is 152 Å². The van der Waals surface area contributed by atoms with Crippen molar-refractivity contribution in [2.75, 3.05) is 16.8 Å². The van der Waals surface area contributed by atoms with Gasteiger partial charge in [-0.1, -0.05) is 114 Å². The lowest BCUT2D eigenvalue weighted by atomic mass is 10.1. The fraction of sp³-hybridized carbons (Fsp3) is 0.0488. The maximum atomic E-state index is 5.61. The highest BCUT2D eigenvalue weighted by molar-refractivity contribution is 6.96. The van der Waals surface area contributed by atoms with Crippen molar-refractivity contribution in [2.45, 2.75) is 0 Å². The molecule has 0 atom stereocenters. The van der Waals surface area contributed by atoms with E-state index in [9.17, 15) is 0 Å². The van der Waals surface area contributed by atoms with Gasteiger partial charge in [0.25, 0.3) is 0 Å². The minimum absolute atomic E-state index is 0.822. The third-order valence-corrected chi connectivity index (χ3v) is 12.1. The molecule has 0 bridgehead atoms. The Hall–Kier alpha value is -6.05. The van der Waals surface area contributed by atoms with Gasteiger partial charge in [-0.3, -0.25) is 4.90 Å². The van der Waals surface area contributed by atoms with Gasteiger partial charge in [-0.15, -0.1) is 0 Å². The lowest BCUT2D eigenvalue weighted by Gasteiger charge is -2.37. The Morgan fingerprint density at radius 1 is 0.646 bits per heavy atom. The number of aromatic nitrogens is 4. The molecule has 0 amide bonds. The Bertz CT molecular complexity index is 2420. The minimum atomic E-state index is -1.36. The van der Waals surface area contributed by atoms with Crippen molar-refractivity contribution < 1.29 is 4.57 Å². The van der Waals surface area contributed by atoms with Gasteiger partial charge in [0.2, 0.25) is 6.33 Å². The Balaban J connectivity index is 1.28. The van der Waals surface area contributed by atoms with Crippen LogP contribution in [-0.4, -0.2) is 30.8 Å². The summed E-state index contributed by atoms with van der Waals surface area (Å²) in [5.74, 6) is 1.69. The zero-order chi connectivity index (χ0) is 32.2. The maximum absolute atomic E-state index is 5.61. The molecular weight excluding hydrogens is 605 g/mol. The number of para-hydroxylation sites is 4.